The van der Waals surface area contributed by atoms with Crippen LogP contribution in [0.3, 0.4) is 0 Å². The van der Waals surface area contributed by atoms with Gasteiger partial charge in [-0.05, 0) is 114 Å². The number of carbonyl (C=O) groups excluding carboxylic acids is 2. The van der Waals surface area contributed by atoms with Crippen LogP contribution in [0.1, 0.15) is 102 Å². The number of aromatic nitrogens is 4. The summed E-state index contributed by atoms with van der Waals surface area (Å²) < 4.78 is 43.9. The van der Waals surface area contributed by atoms with Crippen LogP contribution in [0.5, 0.6) is 0 Å². The first-order valence-corrected chi connectivity index (χ1v) is 18.3. The molecule has 53 heavy (non-hydrogen) atoms. The first-order valence-electron chi connectivity index (χ1n) is 18.3. The first-order chi connectivity index (χ1) is 25.1. The first kappa shape index (κ1) is 34.8. The number of alkyl halides is 2. The van der Waals surface area contributed by atoms with Crippen molar-refractivity contribution in [1.29, 1.82) is 0 Å². The van der Waals surface area contributed by atoms with Gasteiger partial charge in [0, 0.05) is 29.8 Å². The molecule has 12 heteroatoms. The molecule has 2 fully saturated rings. The van der Waals surface area contributed by atoms with E-state index in [0.717, 1.165) is 42.3 Å². The molecular formula is C41H44F2N6O4. The van der Waals surface area contributed by atoms with Gasteiger partial charge in [0.1, 0.15) is 22.9 Å². The highest BCUT2D eigenvalue weighted by molar-refractivity contribution is 5.87. The van der Waals surface area contributed by atoms with Crippen LogP contribution in [0.15, 0.2) is 60.8 Å². The highest BCUT2D eigenvalue weighted by Gasteiger charge is 2.45. The average molecular weight is 723 g/mol. The lowest BCUT2D eigenvalue weighted by molar-refractivity contribution is 0.0208. The van der Waals surface area contributed by atoms with Crippen LogP contribution in [0.2, 0.25) is 0 Å². The molecule has 2 aliphatic heterocycles. The third-order valence-corrected chi connectivity index (χ3v) is 10.1. The Hall–Kier alpha value is -5.26. The van der Waals surface area contributed by atoms with Gasteiger partial charge in [0.2, 0.25) is 0 Å². The van der Waals surface area contributed by atoms with E-state index in [2.05, 4.69) is 15.0 Å². The van der Waals surface area contributed by atoms with Crippen LogP contribution >= 0.6 is 0 Å². The number of ether oxygens (including phenoxy) is 2. The van der Waals surface area contributed by atoms with E-state index in [9.17, 15) is 9.59 Å². The maximum absolute atomic E-state index is 16.3. The number of halogens is 2. The van der Waals surface area contributed by atoms with E-state index in [1.807, 2.05) is 71.9 Å². The van der Waals surface area contributed by atoms with Crippen molar-refractivity contribution in [2.24, 2.45) is 0 Å². The molecule has 8 rings (SSSR count). The lowest BCUT2D eigenvalue weighted by Gasteiger charge is -2.27. The Balaban J connectivity index is 1.04. The molecule has 10 nitrogen and oxygen atoms in total. The molecule has 5 aromatic rings. The smallest absolute Gasteiger partial charge is 0.410 e. The number of H-pyrrole nitrogens is 2. The molecule has 2 amide bonds. The van der Waals surface area contributed by atoms with Crippen molar-refractivity contribution in [3.63, 3.8) is 0 Å². The second-order valence-electron chi connectivity index (χ2n) is 16.3. The number of fused-ring (bicyclic) bond motifs is 4. The summed E-state index contributed by atoms with van der Waals surface area (Å²) in [5.41, 5.74) is 3.79. The normalized spacial score (nSPS) is 19.5. The lowest BCUT2D eigenvalue weighted by Crippen LogP contribution is -2.36. The number of amides is 2. The maximum atomic E-state index is 16.3. The van der Waals surface area contributed by atoms with Crippen LogP contribution in [-0.4, -0.2) is 66.2 Å². The second kappa shape index (κ2) is 12.4. The summed E-state index contributed by atoms with van der Waals surface area (Å²) in [6.45, 7) is 12.2. The minimum Gasteiger partial charge on any atom is -0.444 e. The summed E-state index contributed by atoms with van der Waals surface area (Å²) in [6, 6.07) is 15.5. The van der Waals surface area contributed by atoms with Gasteiger partial charge in [0.05, 0.1) is 35.0 Å². The number of likely N-dealkylation sites (tertiary alicyclic amines) is 2. The molecule has 2 saturated heterocycles. The fraction of sp³-hybridized carbons (Fsp3) is 0.415. The fourth-order valence-electron chi connectivity index (χ4n) is 7.77. The van der Waals surface area contributed by atoms with Gasteiger partial charge in [-0.1, -0.05) is 30.3 Å². The van der Waals surface area contributed by atoms with Gasteiger partial charge in [0.25, 0.3) is 5.92 Å². The molecule has 276 valence electrons. The van der Waals surface area contributed by atoms with E-state index in [-0.39, 0.29) is 29.3 Å². The minimum atomic E-state index is -3.22. The minimum absolute atomic E-state index is 0.0456. The third kappa shape index (κ3) is 6.42. The number of hydrogen-bond acceptors (Lipinski definition) is 6. The quantitative estimate of drug-likeness (QED) is 0.191. The Labute approximate surface area is 306 Å². The van der Waals surface area contributed by atoms with E-state index >= 15 is 8.78 Å². The zero-order chi connectivity index (χ0) is 37.4. The molecule has 2 atom stereocenters. The molecule has 2 aromatic heterocycles. The Kier molecular flexibility index (Phi) is 8.15. The van der Waals surface area contributed by atoms with E-state index < -0.39 is 23.2 Å². The fourth-order valence-corrected chi connectivity index (χ4v) is 7.77. The SMILES string of the molecule is CC(C)(C)OC(=O)N1CCCC1c1ncc(-c2ccc3c(c2)C(F)(F)c2cc(-c4ccc5nc(C6CCCN6C(=O)OC(C)(C)C)[nH]c5c4)ccc2-3)[nH]1. The van der Waals surface area contributed by atoms with Crippen molar-refractivity contribution in [2.75, 3.05) is 13.1 Å². The van der Waals surface area contributed by atoms with Crippen LogP contribution in [0.25, 0.3) is 44.5 Å². The van der Waals surface area contributed by atoms with Crippen molar-refractivity contribution in [1.82, 2.24) is 29.7 Å². The van der Waals surface area contributed by atoms with Gasteiger partial charge in [0.15, 0.2) is 0 Å². The van der Waals surface area contributed by atoms with Crippen LogP contribution in [0, 0.1) is 0 Å². The number of nitrogens with one attached hydrogen (secondary N) is 2. The molecule has 0 spiro atoms. The van der Waals surface area contributed by atoms with Gasteiger partial charge in [-0.2, -0.15) is 8.78 Å². The predicted octanol–water partition coefficient (Wildman–Crippen LogP) is 9.88. The lowest BCUT2D eigenvalue weighted by atomic mass is 9.98. The highest BCUT2D eigenvalue weighted by Crippen LogP contribution is 2.53. The van der Waals surface area contributed by atoms with Crippen LogP contribution < -0.4 is 0 Å². The largest absolute Gasteiger partial charge is 0.444 e. The molecule has 0 radical (unpaired) electrons. The predicted molar refractivity (Wildman–Crippen MR) is 197 cm³/mol. The van der Waals surface area contributed by atoms with Gasteiger partial charge in [-0.3, -0.25) is 9.80 Å². The van der Waals surface area contributed by atoms with Crippen molar-refractivity contribution in [2.45, 2.75) is 96.4 Å². The van der Waals surface area contributed by atoms with E-state index in [1.54, 1.807) is 34.2 Å². The summed E-state index contributed by atoms with van der Waals surface area (Å²) in [5.74, 6) is -1.94. The van der Waals surface area contributed by atoms with Gasteiger partial charge in [-0.25, -0.2) is 19.6 Å². The Morgan fingerprint density at radius 1 is 0.736 bits per heavy atom. The summed E-state index contributed by atoms with van der Waals surface area (Å²) in [4.78, 5) is 45.2. The molecule has 3 aromatic carbocycles. The molecule has 1 aliphatic carbocycles. The van der Waals surface area contributed by atoms with Gasteiger partial charge >= 0.3 is 12.2 Å². The maximum Gasteiger partial charge on any atom is 0.410 e. The molecule has 4 heterocycles. The van der Waals surface area contributed by atoms with E-state index in [1.165, 1.54) is 6.07 Å². The average Bonchev–Trinajstić information content (AvgIpc) is 3.92. The number of nitrogens with zero attached hydrogens (tertiary/aromatic N) is 4. The Bertz CT molecular complexity index is 2250. The molecule has 3 aliphatic rings. The van der Waals surface area contributed by atoms with E-state index in [4.69, 9.17) is 14.5 Å². The van der Waals surface area contributed by atoms with Crippen molar-refractivity contribution in [3.8, 4) is 33.5 Å². The second-order valence-corrected chi connectivity index (χ2v) is 16.3. The molecule has 2 N–H and O–H groups in total. The zero-order valence-electron chi connectivity index (χ0n) is 30.8. The molecule has 0 bridgehead atoms. The van der Waals surface area contributed by atoms with Gasteiger partial charge in [-0.15, -0.1) is 0 Å². The standard InChI is InChI=1S/C41H44F2N6O4/c1-39(2,3)52-37(50)48-17-7-9-33(48)35-44-22-32(47-35)25-12-15-27-26-14-11-23(19-28(26)41(42,43)29(27)20-25)24-13-16-30-31(21-24)46-36(45-30)34-10-8-18-49(34)38(51)53-40(4,5)6/h11-16,19-22,33-34H,7-10,17-18H2,1-6H3,(H,44,47)(H,45,46). The molecular weight excluding hydrogens is 678 g/mol. The third-order valence-electron chi connectivity index (χ3n) is 10.1. The Morgan fingerprint density at radius 3 is 1.87 bits per heavy atom. The van der Waals surface area contributed by atoms with Crippen molar-refractivity contribution >= 4 is 23.2 Å². The molecule has 2 unspecified atom stereocenters. The highest BCUT2D eigenvalue weighted by atomic mass is 19.3. The summed E-state index contributed by atoms with van der Waals surface area (Å²) in [7, 11) is 0. The number of carbonyl (C=O) groups is 2. The summed E-state index contributed by atoms with van der Waals surface area (Å²) >= 11 is 0. The number of imidazole rings is 2. The van der Waals surface area contributed by atoms with E-state index in [0.29, 0.717) is 52.7 Å². The van der Waals surface area contributed by atoms with Crippen LogP contribution in [-0.2, 0) is 15.4 Å². The number of benzene rings is 3. The number of hydrogen-bond donors (Lipinski definition) is 2. The monoisotopic (exact) mass is 722 g/mol. The topological polar surface area (TPSA) is 116 Å². The number of rotatable bonds is 4. The van der Waals surface area contributed by atoms with Crippen molar-refractivity contribution < 1.29 is 27.8 Å². The summed E-state index contributed by atoms with van der Waals surface area (Å²) in [6.07, 6.45) is 4.04. The Morgan fingerprint density at radius 2 is 1.26 bits per heavy atom. The zero-order valence-corrected chi connectivity index (χ0v) is 30.8. The molecule has 0 saturated carbocycles. The summed E-state index contributed by atoms with van der Waals surface area (Å²) in [5, 5.41) is 0. The van der Waals surface area contributed by atoms with Gasteiger partial charge < -0.3 is 19.4 Å². The number of aromatic amines is 2. The van der Waals surface area contributed by atoms with Crippen LogP contribution in [0.4, 0.5) is 18.4 Å². The van der Waals surface area contributed by atoms with Crippen molar-refractivity contribution in [3.05, 3.63) is 83.6 Å².